The maximum absolute atomic E-state index is 6.86. The summed E-state index contributed by atoms with van der Waals surface area (Å²) >= 11 is 1.88. The number of nitrogens with zero attached hydrogens (tertiary/aromatic N) is 2. The maximum Gasteiger partial charge on any atom is 0.159 e. The van der Waals surface area contributed by atoms with Crippen LogP contribution >= 0.6 is 11.3 Å². The van der Waals surface area contributed by atoms with E-state index >= 15 is 0 Å². The molecule has 0 N–H and O–H groups in total. The van der Waals surface area contributed by atoms with Crippen molar-refractivity contribution in [3.63, 3.8) is 0 Å². The van der Waals surface area contributed by atoms with Crippen molar-refractivity contribution in [2.45, 2.75) is 0 Å². The topological polar surface area (TPSA) is 31.0 Å². The minimum absolute atomic E-state index is 0.851. The molecular weight excluding hydrogens is 617 g/mol. The van der Waals surface area contributed by atoms with Crippen molar-refractivity contribution in [2.75, 3.05) is 0 Å². The number of pyridine rings is 1. The van der Waals surface area contributed by atoms with Crippen LogP contribution in [0.3, 0.4) is 0 Å². The van der Waals surface area contributed by atoms with Crippen molar-refractivity contribution in [1.29, 1.82) is 0 Å². The average Bonchev–Trinajstić information content (AvgIpc) is 3.84. The number of hydrogen-bond donors (Lipinski definition) is 0. The first-order valence-electron chi connectivity index (χ1n) is 16.6. The van der Waals surface area contributed by atoms with Crippen LogP contribution in [0.25, 0.3) is 103 Å². The standard InChI is InChI=1S/C45H26N2OS/c1-2-12-27(13-3-1)34-26-36(46-35-19-7-4-14-28(34)35)31-17-11-22-40-42(31)33-18-10-21-39(44(33)48-40)47-37-20-8-5-16-32(37)43-38(47)25-24-30-29-15-6-9-23-41(29)49-45(30)43/h1-26H. The van der Waals surface area contributed by atoms with Gasteiger partial charge in [-0.05, 0) is 53.6 Å². The van der Waals surface area contributed by atoms with Crippen molar-refractivity contribution >= 4 is 86.2 Å². The second kappa shape index (κ2) is 10.1. The van der Waals surface area contributed by atoms with E-state index in [4.69, 9.17) is 9.40 Å². The lowest BCUT2D eigenvalue weighted by atomic mass is 9.96. The summed E-state index contributed by atoms with van der Waals surface area (Å²) in [6.07, 6.45) is 0. The third kappa shape index (κ3) is 3.80. The van der Waals surface area contributed by atoms with E-state index in [1.807, 2.05) is 11.3 Å². The van der Waals surface area contributed by atoms with Gasteiger partial charge in [0.25, 0.3) is 0 Å². The Balaban J connectivity index is 1.20. The molecule has 4 heteroatoms. The molecule has 3 nitrogen and oxygen atoms in total. The molecule has 0 aliphatic heterocycles. The average molecular weight is 643 g/mol. The number of rotatable bonds is 3. The summed E-state index contributed by atoms with van der Waals surface area (Å²) in [7, 11) is 0. The molecular formula is C45H26N2OS. The van der Waals surface area contributed by atoms with Crippen LogP contribution < -0.4 is 0 Å². The predicted molar refractivity (Wildman–Crippen MR) is 207 cm³/mol. The van der Waals surface area contributed by atoms with E-state index in [9.17, 15) is 0 Å². The Labute approximate surface area is 284 Å². The molecule has 228 valence electrons. The van der Waals surface area contributed by atoms with Gasteiger partial charge in [0.1, 0.15) is 5.58 Å². The Morgan fingerprint density at radius 2 is 1.27 bits per heavy atom. The lowest BCUT2D eigenvalue weighted by Gasteiger charge is -2.11. The van der Waals surface area contributed by atoms with Gasteiger partial charge in [-0.1, -0.05) is 115 Å². The zero-order chi connectivity index (χ0) is 32.1. The molecule has 0 fully saturated rings. The van der Waals surface area contributed by atoms with Crippen molar-refractivity contribution in [3.05, 3.63) is 158 Å². The van der Waals surface area contributed by atoms with E-state index in [2.05, 4.69) is 162 Å². The van der Waals surface area contributed by atoms with Crippen LogP contribution in [0.15, 0.2) is 162 Å². The van der Waals surface area contributed by atoms with Gasteiger partial charge in [0, 0.05) is 52.7 Å². The van der Waals surface area contributed by atoms with Gasteiger partial charge in [-0.25, -0.2) is 4.98 Å². The minimum Gasteiger partial charge on any atom is -0.454 e. The van der Waals surface area contributed by atoms with Gasteiger partial charge in [0.2, 0.25) is 0 Å². The highest BCUT2D eigenvalue weighted by Gasteiger charge is 2.22. The number of benzene rings is 7. The number of aromatic nitrogens is 2. The van der Waals surface area contributed by atoms with Gasteiger partial charge in [-0.15, -0.1) is 11.3 Å². The summed E-state index contributed by atoms with van der Waals surface area (Å²) < 4.78 is 11.9. The molecule has 0 atom stereocenters. The second-order valence-corrected chi connectivity index (χ2v) is 13.7. The van der Waals surface area contributed by atoms with Crippen LogP contribution in [0.1, 0.15) is 0 Å². The molecule has 0 aliphatic rings. The first kappa shape index (κ1) is 26.8. The van der Waals surface area contributed by atoms with Gasteiger partial charge < -0.3 is 8.98 Å². The van der Waals surface area contributed by atoms with Crippen LogP contribution in [-0.4, -0.2) is 9.55 Å². The number of para-hydroxylation sites is 3. The quantitative estimate of drug-likeness (QED) is 0.192. The van der Waals surface area contributed by atoms with E-state index in [-0.39, 0.29) is 0 Å². The summed E-state index contributed by atoms with van der Waals surface area (Å²) in [5.74, 6) is 0. The van der Waals surface area contributed by atoms with Crippen LogP contribution in [-0.2, 0) is 0 Å². The normalized spacial score (nSPS) is 12.1. The highest BCUT2D eigenvalue weighted by molar-refractivity contribution is 7.26. The molecule has 0 amide bonds. The molecule has 0 unspecified atom stereocenters. The minimum atomic E-state index is 0.851. The zero-order valence-electron chi connectivity index (χ0n) is 26.2. The summed E-state index contributed by atoms with van der Waals surface area (Å²) in [4.78, 5) is 5.22. The number of hydrogen-bond acceptors (Lipinski definition) is 3. The first-order chi connectivity index (χ1) is 24.3. The van der Waals surface area contributed by atoms with Crippen LogP contribution in [0, 0.1) is 0 Å². The highest BCUT2D eigenvalue weighted by Crippen LogP contribution is 2.45. The van der Waals surface area contributed by atoms with Crippen molar-refractivity contribution in [3.8, 4) is 28.1 Å². The Morgan fingerprint density at radius 1 is 0.510 bits per heavy atom. The molecule has 4 aromatic heterocycles. The molecule has 0 spiro atoms. The van der Waals surface area contributed by atoms with E-state index in [1.54, 1.807) is 0 Å². The number of fused-ring (bicyclic) bond motifs is 11. The second-order valence-electron chi connectivity index (χ2n) is 12.7. The maximum atomic E-state index is 6.86. The monoisotopic (exact) mass is 642 g/mol. The van der Waals surface area contributed by atoms with Gasteiger partial charge in [0.05, 0.1) is 27.9 Å². The van der Waals surface area contributed by atoms with Crippen LogP contribution in [0.2, 0.25) is 0 Å². The molecule has 4 heterocycles. The van der Waals surface area contributed by atoms with E-state index in [0.29, 0.717) is 0 Å². The summed E-state index contributed by atoms with van der Waals surface area (Å²) in [6, 6.07) is 56.2. The van der Waals surface area contributed by atoms with Gasteiger partial charge in [-0.2, -0.15) is 0 Å². The first-order valence-corrected chi connectivity index (χ1v) is 17.4. The fourth-order valence-electron chi connectivity index (χ4n) is 7.89. The SMILES string of the molecule is c1ccc(-c2cc(-c3cccc4oc5c(-n6c7ccccc7c7c8sc9ccccc9c8ccc76)cccc5c34)nc3ccccc23)cc1. The molecule has 7 aromatic carbocycles. The molecule has 0 radical (unpaired) electrons. The Morgan fingerprint density at radius 3 is 2.18 bits per heavy atom. The largest absolute Gasteiger partial charge is 0.454 e. The predicted octanol–water partition coefficient (Wildman–Crippen LogP) is 12.9. The number of furan rings is 1. The summed E-state index contributed by atoms with van der Waals surface area (Å²) in [5, 5.41) is 8.45. The molecule has 0 saturated carbocycles. The van der Waals surface area contributed by atoms with E-state index in [0.717, 1.165) is 49.8 Å². The third-order valence-corrected chi connectivity index (χ3v) is 11.2. The molecule has 11 aromatic rings. The van der Waals surface area contributed by atoms with Gasteiger partial charge in [-0.3, -0.25) is 0 Å². The Kier molecular flexibility index (Phi) is 5.54. The molecule has 0 aliphatic carbocycles. The fraction of sp³-hybridized carbons (Fsp3) is 0. The Hall–Kier alpha value is -6.23. The summed E-state index contributed by atoms with van der Waals surface area (Å²) in [6.45, 7) is 0. The smallest absolute Gasteiger partial charge is 0.159 e. The van der Waals surface area contributed by atoms with Crippen molar-refractivity contribution < 1.29 is 4.42 Å². The van der Waals surface area contributed by atoms with Crippen molar-refractivity contribution in [2.24, 2.45) is 0 Å². The third-order valence-electron chi connectivity index (χ3n) is 10.00. The van der Waals surface area contributed by atoms with Crippen LogP contribution in [0.5, 0.6) is 0 Å². The molecule has 49 heavy (non-hydrogen) atoms. The lowest BCUT2D eigenvalue weighted by molar-refractivity contribution is 0.666. The highest BCUT2D eigenvalue weighted by atomic mass is 32.1. The summed E-state index contributed by atoms with van der Waals surface area (Å²) in [5.41, 5.74) is 10.4. The molecule has 0 bridgehead atoms. The van der Waals surface area contributed by atoms with Crippen molar-refractivity contribution in [1.82, 2.24) is 9.55 Å². The fourth-order valence-corrected chi connectivity index (χ4v) is 9.15. The van der Waals surface area contributed by atoms with E-state index < -0.39 is 0 Å². The van der Waals surface area contributed by atoms with E-state index in [1.165, 1.54) is 53.1 Å². The zero-order valence-corrected chi connectivity index (χ0v) is 27.0. The van der Waals surface area contributed by atoms with Crippen LogP contribution in [0.4, 0.5) is 0 Å². The van der Waals surface area contributed by atoms with Gasteiger partial charge in [0.15, 0.2) is 5.58 Å². The Bertz CT molecular complexity index is 3110. The molecule has 11 rings (SSSR count). The number of thiophene rings is 1. The van der Waals surface area contributed by atoms with Gasteiger partial charge >= 0.3 is 0 Å². The molecule has 0 saturated heterocycles. The lowest BCUT2D eigenvalue weighted by Crippen LogP contribution is -1.94.